The van der Waals surface area contributed by atoms with E-state index in [4.69, 9.17) is 0 Å². The molecule has 0 saturated carbocycles. The Morgan fingerprint density at radius 2 is 0.792 bits per heavy atom. The summed E-state index contributed by atoms with van der Waals surface area (Å²) in [7, 11) is 0. The summed E-state index contributed by atoms with van der Waals surface area (Å²) in [6.07, 6.45) is 0. The molecular weight excluding hydrogens is 640 g/mol. The minimum atomic E-state index is 0.0925. The first-order valence-corrected chi connectivity index (χ1v) is 18.9. The van der Waals surface area contributed by atoms with E-state index in [1.54, 1.807) is 0 Å². The molecule has 0 bridgehead atoms. The number of fused-ring (bicyclic) bond motifs is 10. The molecule has 0 radical (unpaired) electrons. The smallest absolute Gasteiger partial charge is 0.245 e. The number of anilines is 9. The maximum Gasteiger partial charge on any atom is 0.245 e. The SMILES string of the molecule is Cc1ccc(N2c3ccc(C)cc3B3c4cc(C)ccc4B4c5ccc(C)cc5N5c6cc(C)ccc6N(c6ccc(C)cc6)c6cc2c3c4c65)cc1. The molecule has 3 nitrogen and oxygen atoms in total. The summed E-state index contributed by atoms with van der Waals surface area (Å²) in [4.78, 5) is 7.71. The van der Waals surface area contributed by atoms with Crippen molar-refractivity contribution < 1.29 is 0 Å². The lowest BCUT2D eigenvalue weighted by Crippen LogP contribution is -2.78. The highest BCUT2D eigenvalue weighted by atomic mass is 15.3. The van der Waals surface area contributed by atoms with Crippen molar-refractivity contribution in [2.24, 2.45) is 0 Å². The van der Waals surface area contributed by atoms with Gasteiger partial charge in [0.05, 0.1) is 22.7 Å². The zero-order chi connectivity index (χ0) is 35.9. The largest absolute Gasteiger partial charge is 0.311 e. The van der Waals surface area contributed by atoms with E-state index in [1.807, 2.05) is 0 Å². The van der Waals surface area contributed by atoms with E-state index in [0.717, 1.165) is 0 Å². The average Bonchev–Trinajstić information content (AvgIpc) is 3.15. The molecule has 5 heteroatoms. The fourth-order valence-electron chi connectivity index (χ4n) is 9.81. The number of aryl methyl sites for hydroxylation is 6. The third kappa shape index (κ3) is 4.19. The van der Waals surface area contributed by atoms with Crippen molar-refractivity contribution in [3.05, 3.63) is 161 Å². The van der Waals surface area contributed by atoms with Crippen LogP contribution in [0.2, 0.25) is 0 Å². The van der Waals surface area contributed by atoms with Gasteiger partial charge in [-0.2, -0.15) is 0 Å². The van der Waals surface area contributed by atoms with Crippen molar-refractivity contribution in [1.29, 1.82) is 0 Å². The summed E-state index contributed by atoms with van der Waals surface area (Å²) in [6.45, 7) is 13.5. The van der Waals surface area contributed by atoms with E-state index in [0.29, 0.717) is 0 Å². The number of rotatable bonds is 2. The van der Waals surface area contributed by atoms with Gasteiger partial charge in [-0.15, -0.1) is 0 Å². The Hall–Kier alpha value is -5.93. The van der Waals surface area contributed by atoms with Gasteiger partial charge in [0.25, 0.3) is 0 Å². The molecule has 0 saturated heterocycles. The van der Waals surface area contributed by atoms with Gasteiger partial charge in [-0.25, -0.2) is 0 Å². The molecular formula is C48H39B2N3. The van der Waals surface area contributed by atoms with Gasteiger partial charge in [0.2, 0.25) is 13.4 Å². The van der Waals surface area contributed by atoms with Gasteiger partial charge in [-0.1, -0.05) is 106 Å². The van der Waals surface area contributed by atoms with Gasteiger partial charge < -0.3 is 14.7 Å². The lowest BCUT2D eigenvalue weighted by atomic mass is 9.19. The van der Waals surface area contributed by atoms with Gasteiger partial charge in [0.1, 0.15) is 0 Å². The molecule has 4 aliphatic heterocycles. The van der Waals surface area contributed by atoms with E-state index in [-0.39, 0.29) is 13.4 Å². The Morgan fingerprint density at radius 1 is 0.302 bits per heavy atom. The number of benzene rings is 7. The van der Waals surface area contributed by atoms with Crippen LogP contribution in [0, 0.1) is 41.5 Å². The Bertz CT molecular complexity index is 2500. The third-order valence-corrected chi connectivity index (χ3v) is 12.2. The average molecular weight is 679 g/mol. The standard InChI is InChI=1S/C48H39B2N3/c1-28-7-15-34(16-8-28)51-40-21-13-31(4)24-39(40)50-38-23-30(3)11-19-36(38)49-37-20-12-32(5)25-42(37)53-43-26-33(6)14-22-41(43)52(35-17-9-29(2)10-18-35)45-27-44(51)46(50)47(49)48(45)53/h7-27H,1-6H3. The van der Waals surface area contributed by atoms with Crippen LogP contribution >= 0.6 is 0 Å². The molecule has 11 rings (SSSR count). The molecule has 53 heavy (non-hydrogen) atoms. The van der Waals surface area contributed by atoms with Crippen molar-refractivity contribution in [3.63, 3.8) is 0 Å². The van der Waals surface area contributed by atoms with Crippen LogP contribution in [-0.4, -0.2) is 13.4 Å². The zero-order valence-electron chi connectivity index (χ0n) is 31.1. The lowest BCUT2D eigenvalue weighted by Gasteiger charge is -2.51. The minimum Gasteiger partial charge on any atom is -0.311 e. The highest BCUT2D eigenvalue weighted by Gasteiger charge is 2.51. The second-order valence-corrected chi connectivity index (χ2v) is 15.9. The molecule has 4 aliphatic rings. The molecule has 252 valence electrons. The second-order valence-electron chi connectivity index (χ2n) is 15.9. The lowest BCUT2D eigenvalue weighted by molar-refractivity contribution is 1.16. The van der Waals surface area contributed by atoms with Crippen LogP contribution in [0.4, 0.5) is 51.2 Å². The van der Waals surface area contributed by atoms with Crippen molar-refractivity contribution in [2.75, 3.05) is 14.7 Å². The molecule has 4 heterocycles. The molecule has 0 N–H and O–H groups in total. The van der Waals surface area contributed by atoms with E-state index in [1.165, 1.54) is 117 Å². The fourth-order valence-corrected chi connectivity index (χ4v) is 9.81. The molecule has 0 aromatic heterocycles. The predicted molar refractivity (Wildman–Crippen MR) is 228 cm³/mol. The van der Waals surface area contributed by atoms with Gasteiger partial charge in [0.15, 0.2) is 0 Å². The van der Waals surface area contributed by atoms with Crippen molar-refractivity contribution in [3.8, 4) is 0 Å². The molecule has 7 aromatic rings. The highest BCUT2D eigenvalue weighted by molar-refractivity contribution is 7.13. The molecule has 0 fully saturated rings. The minimum absolute atomic E-state index is 0.0925. The molecule has 0 aliphatic carbocycles. The van der Waals surface area contributed by atoms with E-state index in [9.17, 15) is 0 Å². The van der Waals surface area contributed by atoms with E-state index in [2.05, 4.69) is 184 Å². The maximum absolute atomic E-state index is 2.62. The predicted octanol–water partition coefficient (Wildman–Crippen LogP) is 8.23. The van der Waals surface area contributed by atoms with Gasteiger partial charge >= 0.3 is 0 Å². The van der Waals surface area contributed by atoms with Gasteiger partial charge in [0, 0.05) is 28.4 Å². The number of hydrogen-bond donors (Lipinski definition) is 0. The Morgan fingerprint density at radius 3 is 1.45 bits per heavy atom. The normalized spacial score (nSPS) is 14.0. The third-order valence-electron chi connectivity index (χ3n) is 12.2. The Kier molecular flexibility index (Phi) is 6.25. The quantitative estimate of drug-likeness (QED) is 0.171. The van der Waals surface area contributed by atoms with Crippen molar-refractivity contribution >= 4 is 97.4 Å². The maximum atomic E-state index is 2.62. The van der Waals surface area contributed by atoms with Crippen LogP contribution in [0.15, 0.2) is 127 Å². The first-order chi connectivity index (χ1) is 25.7. The van der Waals surface area contributed by atoms with Crippen molar-refractivity contribution in [2.45, 2.75) is 41.5 Å². The zero-order valence-corrected chi connectivity index (χ0v) is 31.1. The van der Waals surface area contributed by atoms with E-state index >= 15 is 0 Å². The highest BCUT2D eigenvalue weighted by Crippen LogP contribution is 2.56. The summed E-state index contributed by atoms with van der Waals surface area (Å²) in [6, 6.07) is 49.2. The van der Waals surface area contributed by atoms with Crippen LogP contribution in [-0.2, 0) is 0 Å². The first kappa shape index (κ1) is 30.7. The van der Waals surface area contributed by atoms with Gasteiger partial charge in [-0.05, 0) is 129 Å². The van der Waals surface area contributed by atoms with Gasteiger partial charge in [-0.3, -0.25) is 0 Å². The summed E-state index contributed by atoms with van der Waals surface area (Å²) in [5, 5.41) is 0. The molecule has 0 atom stereocenters. The first-order valence-electron chi connectivity index (χ1n) is 18.9. The van der Waals surface area contributed by atoms with E-state index < -0.39 is 0 Å². The molecule has 0 spiro atoms. The van der Waals surface area contributed by atoms with Crippen molar-refractivity contribution in [1.82, 2.24) is 0 Å². The number of nitrogens with zero attached hydrogens (tertiary/aromatic N) is 3. The fraction of sp³-hybridized carbons (Fsp3) is 0.125. The molecule has 0 unspecified atom stereocenters. The summed E-state index contributed by atoms with van der Waals surface area (Å²) < 4.78 is 0. The molecule has 0 amide bonds. The van der Waals surface area contributed by atoms with Crippen LogP contribution in [0.5, 0.6) is 0 Å². The van der Waals surface area contributed by atoms with Crippen LogP contribution in [0.3, 0.4) is 0 Å². The van der Waals surface area contributed by atoms with Crippen LogP contribution in [0.1, 0.15) is 33.4 Å². The molecule has 7 aromatic carbocycles. The summed E-state index contributed by atoms with van der Waals surface area (Å²) >= 11 is 0. The Balaban J connectivity index is 1.34. The van der Waals surface area contributed by atoms with Crippen LogP contribution in [0.25, 0.3) is 0 Å². The monoisotopic (exact) mass is 679 g/mol. The summed E-state index contributed by atoms with van der Waals surface area (Å²) in [5.41, 5.74) is 27.2. The number of hydrogen-bond acceptors (Lipinski definition) is 3. The summed E-state index contributed by atoms with van der Waals surface area (Å²) in [5.74, 6) is 0. The Labute approximate surface area is 313 Å². The second kappa shape index (κ2) is 10.8. The topological polar surface area (TPSA) is 9.72 Å². The van der Waals surface area contributed by atoms with Crippen LogP contribution < -0.4 is 47.5 Å².